The highest BCUT2D eigenvalue weighted by Gasteiger charge is 2.43. The molecule has 154 valence electrons. The Balaban J connectivity index is 1.28. The number of benzene rings is 1. The molecule has 4 rings (SSSR count). The molecule has 7 nitrogen and oxygen atoms in total. The molecule has 2 fully saturated rings. The lowest BCUT2D eigenvalue weighted by Gasteiger charge is -2.39. The number of likely N-dealkylation sites (tertiary alicyclic amines) is 2. The Hall–Kier alpha value is -2.83. The molecule has 7 heteroatoms. The summed E-state index contributed by atoms with van der Waals surface area (Å²) in [7, 11) is 0. The van der Waals surface area contributed by atoms with E-state index in [0.29, 0.717) is 24.5 Å². The predicted octanol–water partition coefficient (Wildman–Crippen LogP) is 2.83. The summed E-state index contributed by atoms with van der Waals surface area (Å²) >= 11 is 0. The number of carbonyl (C=O) groups excluding carboxylic acids is 2. The standard InChI is InChI=1S/C22H27N3O4/c1-16-5-3-4-6-19(16)28-14-20(26)24-10-7-22(8-11-24)9-12-25(15-22)21(27)18-13-17(2)29-23-18/h3-6,13H,7-12,14-15H2,1-2H3. The maximum absolute atomic E-state index is 12.6. The number of amides is 2. The van der Waals surface area contributed by atoms with Crippen molar-refractivity contribution >= 4 is 11.8 Å². The van der Waals surface area contributed by atoms with Gasteiger partial charge in [-0.1, -0.05) is 23.4 Å². The minimum absolute atomic E-state index is 0.0205. The molecule has 2 saturated heterocycles. The number of carbonyl (C=O) groups is 2. The van der Waals surface area contributed by atoms with E-state index in [0.717, 1.165) is 43.7 Å². The van der Waals surface area contributed by atoms with Crippen LogP contribution in [0.3, 0.4) is 0 Å². The molecule has 1 spiro atoms. The van der Waals surface area contributed by atoms with E-state index in [1.54, 1.807) is 13.0 Å². The summed E-state index contributed by atoms with van der Waals surface area (Å²) in [5.41, 5.74) is 1.50. The van der Waals surface area contributed by atoms with Gasteiger partial charge in [-0.2, -0.15) is 0 Å². The van der Waals surface area contributed by atoms with Crippen LogP contribution in [0, 0.1) is 19.3 Å². The maximum Gasteiger partial charge on any atom is 0.276 e. The number of aromatic nitrogens is 1. The van der Waals surface area contributed by atoms with Crippen LogP contribution in [0.5, 0.6) is 5.75 Å². The van der Waals surface area contributed by atoms with Crippen LogP contribution in [-0.2, 0) is 4.79 Å². The van der Waals surface area contributed by atoms with Crippen molar-refractivity contribution in [1.82, 2.24) is 15.0 Å². The van der Waals surface area contributed by atoms with E-state index in [2.05, 4.69) is 5.16 Å². The molecule has 2 aromatic rings. The Labute approximate surface area is 170 Å². The summed E-state index contributed by atoms with van der Waals surface area (Å²) in [4.78, 5) is 28.9. The number of nitrogens with zero attached hydrogens (tertiary/aromatic N) is 3. The van der Waals surface area contributed by atoms with E-state index in [9.17, 15) is 9.59 Å². The van der Waals surface area contributed by atoms with Crippen molar-refractivity contribution in [3.63, 3.8) is 0 Å². The van der Waals surface area contributed by atoms with E-state index in [1.807, 2.05) is 41.0 Å². The van der Waals surface area contributed by atoms with Gasteiger partial charge in [0.15, 0.2) is 12.3 Å². The van der Waals surface area contributed by atoms with Crippen molar-refractivity contribution in [2.45, 2.75) is 33.1 Å². The van der Waals surface area contributed by atoms with Gasteiger partial charge in [0.25, 0.3) is 11.8 Å². The zero-order chi connectivity index (χ0) is 20.4. The monoisotopic (exact) mass is 397 g/mol. The van der Waals surface area contributed by atoms with Gasteiger partial charge in [-0.25, -0.2) is 0 Å². The predicted molar refractivity (Wildman–Crippen MR) is 107 cm³/mol. The topological polar surface area (TPSA) is 75.9 Å². The third-order valence-electron chi connectivity index (χ3n) is 6.19. The van der Waals surface area contributed by atoms with Crippen LogP contribution in [0.15, 0.2) is 34.9 Å². The zero-order valence-corrected chi connectivity index (χ0v) is 17.0. The van der Waals surface area contributed by atoms with Gasteiger partial charge in [0.05, 0.1) is 0 Å². The summed E-state index contributed by atoms with van der Waals surface area (Å²) < 4.78 is 10.7. The molecule has 0 aliphatic carbocycles. The van der Waals surface area contributed by atoms with Crippen LogP contribution in [0.25, 0.3) is 0 Å². The average molecular weight is 397 g/mol. The van der Waals surface area contributed by atoms with E-state index in [1.165, 1.54) is 0 Å². The number of aryl methyl sites for hydroxylation is 2. The molecule has 29 heavy (non-hydrogen) atoms. The summed E-state index contributed by atoms with van der Waals surface area (Å²) in [5, 5.41) is 3.85. The number of rotatable bonds is 4. The largest absolute Gasteiger partial charge is 0.484 e. The molecule has 0 saturated carbocycles. The fourth-order valence-electron chi connectivity index (χ4n) is 4.33. The van der Waals surface area contributed by atoms with E-state index < -0.39 is 0 Å². The smallest absolute Gasteiger partial charge is 0.276 e. The third kappa shape index (κ3) is 4.13. The molecule has 2 aliphatic heterocycles. The normalized spacial score (nSPS) is 18.3. The third-order valence-corrected chi connectivity index (χ3v) is 6.19. The molecule has 0 N–H and O–H groups in total. The van der Waals surface area contributed by atoms with Gasteiger partial charge in [0.2, 0.25) is 0 Å². The molecule has 3 heterocycles. The van der Waals surface area contributed by atoms with Crippen LogP contribution in [0.1, 0.15) is 41.1 Å². The number of hydrogen-bond acceptors (Lipinski definition) is 5. The molecular formula is C22H27N3O4. The second kappa shape index (κ2) is 7.89. The van der Waals surface area contributed by atoms with Gasteiger partial charge in [-0.05, 0) is 50.2 Å². The highest BCUT2D eigenvalue weighted by molar-refractivity contribution is 5.92. The first kappa shape index (κ1) is 19.5. The minimum Gasteiger partial charge on any atom is -0.484 e. The summed E-state index contributed by atoms with van der Waals surface area (Å²) in [6.45, 7) is 6.69. The zero-order valence-electron chi connectivity index (χ0n) is 17.0. The molecule has 0 radical (unpaired) electrons. The lowest BCUT2D eigenvalue weighted by molar-refractivity contribution is -0.135. The number of hydrogen-bond donors (Lipinski definition) is 0. The molecule has 1 aromatic carbocycles. The molecule has 1 aromatic heterocycles. The van der Waals surface area contributed by atoms with Gasteiger partial charge in [-0.3, -0.25) is 9.59 Å². The second-order valence-electron chi connectivity index (χ2n) is 8.23. The Morgan fingerprint density at radius 2 is 1.79 bits per heavy atom. The number of para-hydroxylation sites is 1. The van der Waals surface area contributed by atoms with Gasteiger partial charge < -0.3 is 19.1 Å². The van der Waals surface area contributed by atoms with Crippen molar-refractivity contribution in [1.29, 1.82) is 0 Å². The summed E-state index contributed by atoms with van der Waals surface area (Å²) in [5.74, 6) is 1.35. The first-order valence-corrected chi connectivity index (χ1v) is 10.1. The van der Waals surface area contributed by atoms with E-state index in [-0.39, 0.29) is 23.8 Å². The highest BCUT2D eigenvalue weighted by atomic mass is 16.5. The lowest BCUT2D eigenvalue weighted by Crippen LogP contribution is -2.46. The lowest BCUT2D eigenvalue weighted by atomic mass is 9.78. The van der Waals surface area contributed by atoms with E-state index in [4.69, 9.17) is 9.26 Å². The fraction of sp³-hybridized carbons (Fsp3) is 0.500. The fourth-order valence-corrected chi connectivity index (χ4v) is 4.33. The van der Waals surface area contributed by atoms with Crippen LogP contribution in [0.4, 0.5) is 0 Å². The van der Waals surface area contributed by atoms with Crippen molar-refractivity contribution < 1.29 is 18.8 Å². The Kier molecular flexibility index (Phi) is 5.30. The van der Waals surface area contributed by atoms with E-state index >= 15 is 0 Å². The quantitative estimate of drug-likeness (QED) is 0.793. The molecule has 2 amide bonds. The van der Waals surface area contributed by atoms with Crippen LogP contribution < -0.4 is 4.74 Å². The Bertz CT molecular complexity index is 899. The van der Waals surface area contributed by atoms with Crippen molar-refractivity contribution in [3.05, 3.63) is 47.3 Å². The highest BCUT2D eigenvalue weighted by Crippen LogP contribution is 2.40. The van der Waals surface area contributed by atoms with Gasteiger partial charge >= 0.3 is 0 Å². The first-order chi connectivity index (χ1) is 14.0. The van der Waals surface area contributed by atoms with Gasteiger partial charge in [0.1, 0.15) is 11.5 Å². The van der Waals surface area contributed by atoms with Crippen LogP contribution >= 0.6 is 0 Å². The maximum atomic E-state index is 12.6. The summed E-state index contributed by atoms with van der Waals surface area (Å²) in [6, 6.07) is 9.40. The van der Waals surface area contributed by atoms with Crippen molar-refractivity contribution in [2.24, 2.45) is 5.41 Å². The Morgan fingerprint density at radius 1 is 1.10 bits per heavy atom. The van der Waals surface area contributed by atoms with Gasteiger partial charge in [-0.15, -0.1) is 0 Å². The summed E-state index contributed by atoms with van der Waals surface area (Å²) in [6.07, 6.45) is 2.78. The number of piperidine rings is 1. The molecule has 0 bridgehead atoms. The average Bonchev–Trinajstić information content (AvgIpc) is 3.34. The van der Waals surface area contributed by atoms with Gasteiger partial charge in [0, 0.05) is 32.2 Å². The first-order valence-electron chi connectivity index (χ1n) is 10.1. The minimum atomic E-state index is -0.0659. The van der Waals surface area contributed by atoms with Crippen molar-refractivity contribution in [2.75, 3.05) is 32.8 Å². The Morgan fingerprint density at radius 3 is 2.45 bits per heavy atom. The molecule has 2 aliphatic rings. The number of ether oxygens (including phenoxy) is 1. The van der Waals surface area contributed by atoms with Crippen LogP contribution in [0.2, 0.25) is 0 Å². The van der Waals surface area contributed by atoms with Crippen molar-refractivity contribution in [3.8, 4) is 5.75 Å². The second-order valence-corrected chi connectivity index (χ2v) is 8.23. The SMILES string of the molecule is Cc1cc(C(=O)N2CCC3(CCN(C(=O)COc4ccccc4C)CC3)C2)no1. The molecule has 0 unspecified atom stereocenters. The van der Waals surface area contributed by atoms with Crippen LogP contribution in [-0.4, -0.2) is 59.6 Å². The molecule has 0 atom stereocenters. The molecular weight excluding hydrogens is 370 g/mol.